The van der Waals surface area contributed by atoms with E-state index in [4.69, 9.17) is 4.98 Å². The van der Waals surface area contributed by atoms with Gasteiger partial charge >= 0.3 is 0 Å². The Morgan fingerprint density at radius 1 is 1.04 bits per heavy atom. The van der Waals surface area contributed by atoms with E-state index in [0.29, 0.717) is 5.56 Å². The maximum Gasteiger partial charge on any atom is 0.257 e. The lowest BCUT2D eigenvalue weighted by Crippen LogP contribution is -2.11. The third kappa shape index (κ3) is 3.05. The van der Waals surface area contributed by atoms with Crippen molar-refractivity contribution in [2.45, 2.75) is 25.7 Å². The van der Waals surface area contributed by atoms with Crippen LogP contribution in [0.15, 0.2) is 48.8 Å². The molecule has 0 spiro atoms. The van der Waals surface area contributed by atoms with Gasteiger partial charge in [0.25, 0.3) is 5.91 Å². The number of anilines is 1. The van der Waals surface area contributed by atoms with Crippen LogP contribution in [0.1, 0.15) is 33.6 Å². The molecule has 5 rings (SSSR count). The van der Waals surface area contributed by atoms with Gasteiger partial charge in [0.1, 0.15) is 10.0 Å². The van der Waals surface area contributed by atoms with E-state index >= 15 is 0 Å². The Morgan fingerprint density at radius 2 is 1.93 bits per heavy atom. The van der Waals surface area contributed by atoms with Crippen molar-refractivity contribution in [2.24, 2.45) is 0 Å². The summed E-state index contributed by atoms with van der Waals surface area (Å²) in [6.45, 7) is 0. The van der Waals surface area contributed by atoms with E-state index in [9.17, 15) is 4.79 Å². The molecule has 1 aliphatic rings. The molecular formula is C21H17N3OS2. The molecule has 0 saturated carbocycles. The Hall–Kier alpha value is -2.57. The lowest BCUT2D eigenvalue weighted by atomic mass is 9.95. The first kappa shape index (κ1) is 16.6. The van der Waals surface area contributed by atoms with Crippen LogP contribution in [0, 0.1) is 0 Å². The van der Waals surface area contributed by atoms with Crippen molar-refractivity contribution in [3.8, 4) is 10.6 Å². The Kier molecular flexibility index (Phi) is 4.22. The van der Waals surface area contributed by atoms with Gasteiger partial charge in [0.15, 0.2) is 0 Å². The Morgan fingerprint density at radius 3 is 2.78 bits per heavy atom. The average molecular weight is 392 g/mol. The van der Waals surface area contributed by atoms with Gasteiger partial charge in [-0.15, -0.1) is 22.7 Å². The third-order valence-electron chi connectivity index (χ3n) is 4.83. The number of fused-ring (bicyclic) bond motifs is 2. The number of rotatable bonds is 3. The fourth-order valence-electron chi connectivity index (χ4n) is 3.53. The average Bonchev–Trinajstić information content (AvgIpc) is 3.29. The summed E-state index contributed by atoms with van der Waals surface area (Å²) in [6, 6.07) is 11.8. The summed E-state index contributed by atoms with van der Waals surface area (Å²) in [4.78, 5) is 23.0. The standard InChI is InChI=1S/C21H17N3OS2/c25-19(13-6-5-11-22-12-13)24-21-18(14-7-1-3-9-16(14)26-21)20-23-15-8-2-4-10-17(15)27-20/h2,4-6,8,10-12H,1,3,7,9H2,(H,24,25). The van der Waals surface area contributed by atoms with Crippen molar-refractivity contribution in [2.75, 3.05) is 5.32 Å². The summed E-state index contributed by atoms with van der Waals surface area (Å²) < 4.78 is 1.17. The highest BCUT2D eigenvalue weighted by Gasteiger charge is 2.25. The number of hydrogen-bond acceptors (Lipinski definition) is 5. The van der Waals surface area contributed by atoms with E-state index in [0.717, 1.165) is 33.9 Å². The molecule has 0 radical (unpaired) electrons. The number of nitrogens with zero attached hydrogens (tertiary/aromatic N) is 2. The van der Waals surface area contributed by atoms with Crippen LogP contribution in [0.3, 0.4) is 0 Å². The highest BCUT2D eigenvalue weighted by Crippen LogP contribution is 2.46. The summed E-state index contributed by atoms with van der Waals surface area (Å²) in [5.41, 5.74) is 4.07. The van der Waals surface area contributed by atoms with Crippen molar-refractivity contribution in [3.05, 3.63) is 64.8 Å². The zero-order chi connectivity index (χ0) is 18.2. The van der Waals surface area contributed by atoms with Crippen molar-refractivity contribution < 1.29 is 4.79 Å². The Balaban J connectivity index is 1.61. The molecular weight excluding hydrogens is 374 g/mol. The van der Waals surface area contributed by atoms with Crippen molar-refractivity contribution >= 4 is 43.8 Å². The molecule has 4 nitrogen and oxygen atoms in total. The van der Waals surface area contributed by atoms with Crippen LogP contribution in [0.25, 0.3) is 20.8 Å². The van der Waals surface area contributed by atoms with Crippen LogP contribution in [0.2, 0.25) is 0 Å². The van der Waals surface area contributed by atoms with Crippen molar-refractivity contribution in [1.82, 2.24) is 9.97 Å². The predicted octanol–water partition coefficient (Wildman–Crippen LogP) is 5.55. The maximum atomic E-state index is 12.7. The minimum Gasteiger partial charge on any atom is -0.313 e. The van der Waals surface area contributed by atoms with Gasteiger partial charge in [0.2, 0.25) is 0 Å². The summed E-state index contributed by atoms with van der Waals surface area (Å²) in [5.74, 6) is -0.121. The summed E-state index contributed by atoms with van der Waals surface area (Å²) in [5, 5.41) is 5.04. The van der Waals surface area contributed by atoms with Gasteiger partial charge < -0.3 is 5.32 Å². The molecule has 6 heteroatoms. The molecule has 1 aliphatic carbocycles. The van der Waals surface area contributed by atoms with E-state index in [1.807, 2.05) is 18.2 Å². The molecule has 0 atom stereocenters. The molecule has 134 valence electrons. The van der Waals surface area contributed by atoms with Crippen molar-refractivity contribution in [3.63, 3.8) is 0 Å². The Bertz CT molecular complexity index is 1100. The minimum absolute atomic E-state index is 0.121. The predicted molar refractivity (Wildman–Crippen MR) is 112 cm³/mol. The van der Waals surface area contributed by atoms with Gasteiger partial charge in [-0.05, 0) is 55.5 Å². The van der Waals surface area contributed by atoms with E-state index < -0.39 is 0 Å². The van der Waals surface area contributed by atoms with Gasteiger partial charge in [0, 0.05) is 22.8 Å². The smallest absolute Gasteiger partial charge is 0.257 e. The van der Waals surface area contributed by atoms with Crippen LogP contribution in [0.5, 0.6) is 0 Å². The number of amides is 1. The summed E-state index contributed by atoms with van der Waals surface area (Å²) in [7, 11) is 0. The fourth-order valence-corrected chi connectivity index (χ4v) is 5.93. The van der Waals surface area contributed by atoms with Crippen molar-refractivity contribution in [1.29, 1.82) is 0 Å². The molecule has 0 fully saturated rings. The Labute approximate surface area is 164 Å². The van der Waals surface area contributed by atoms with E-state index in [-0.39, 0.29) is 5.91 Å². The molecule has 0 aliphatic heterocycles. The highest BCUT2D eigenvalue weighted by molar-refractivity contribution is 7.22. The van der Waals surface area contributed by atoms with Crippen LogP contribution >= 0.6 is 22.7 Å². The molecule has 1 amide bonds. The first-order chi connectivity index (χ1) is 13.3. The zero-order valence-corrected chi connectivity index (χ0v) is 16.2. The van der Waals surface area contributed by atoms with Crippen LogP contribution in [-0.2, 0) is 12.8 Å². The lowest BCUT2D eigenvalue weighted by Gasteiger charge is -2.11. The molecule has 3 aromatic heterocycles. The number of pyridine rings is 1. The minimum atomic E-state index is -0.121. The van der Waals surface area contributed by atoms with Crippen LogP contribution in [0.4, 0.5) is 5.00 Å². The quantitative estimate of drug-likeness (QED) is 0.498. The van der Waals surface area contributed by atoms with Gasteiger partial charge in [-0.25, -0.2) is 4.98 Å². The third-order valence-corrected chi connectivity index (χ3v) is 7.09. The number of benzene rings is 1. The van der Waals surface area contributed by atoms with E-state index in [1.165, 1.54) is 28.0 Å². The monoisotopic (exact) mass is 391 g/mol. The molecule has 1 aromatic carbocycles. The molecule has 4 aromatic rings. The van der Waals surface area contributed by atoms with Gasteiger partial charge in [-0.1, -0.05) is 12.1 Å². The molecule has 0 unspecified atom stereocenters. The largest absolute Gasteiger partial charge is 0.313 e. The first-order valence-electron chi connectivity index (χ1n) is 9.01. The summed E-state index contributed by atoms with van der Waals surface area (Å²) in [6.07, 6.45) is 7.81. The molecule has 27 heavy (non-hydrogen) atoms. The number of thiophene rings is 1. The topological polar surface area (TPSA) is 54.9 Å². The number of thiazole rings is 1. The molecule has 0 saturated heterocycles. The first-order valence-corrected chi connectivity index (χ1v) is 10.6. The number of aromatic nitrogens is 2. The van der Waals surface area contributed by atoms with Crippen LogP contribution in [-0.4, -0.2) is 15.9 Å². The number of nitrogens with one attached hydrogen (secondary N) is 1. The molecule has 3 heterocycles. The zero-order valence-electron chi connectivity index (χ0n) is 14.6. The van der Waals surface area contributed by atoms with Gasteiger partial charge in [-0.3, -0.25) is 9.78 Å². The number of carbonyl (C=O) groups is 1. The van der Waals surface area contributed by atoms with Gasteiger partial charge in [0.05, 0.1) is 15.8 Å². The van der Waals surface area contributed by atoms with E-state index in [1.54, 1.807) is 47.2 Å². The second-order valence-electron chi connectivity index (χ2n) is 6.60. The number of para-hydroxylation sites is 1. The number of hydrogen-bond donors (Lipinski definition) is 1. The fraction of sp³-hybridized carbons (Fsp3) is 0.190. The SMILES string of the molecule is O=C(Nc1sc2c(c1-c1nc3ccccc3s1)CCCC2)c1cccnc1. The number of aryl methyl sites for hydroxylation is 1. The van der Waals surface area contributed by atoms with E-state index in [2.05, 4.69) is 16.4 Å². The maximum absolute atomic E-state index is 12.7. The molecule has 0 bridgehead atoms. The lowest BCUT2D eigenvalue weighted by molar-refractivity contribution is 0.102. The normalized spacial score (nSPS) is 13.5. The number of carbonyl (C=O) groups excluding carboxylic acids is 1. The second kappa shape index (κ2) is 6.87. The highest BCUT2D eigenvalue weighted by atomic mass is 32.1. The second-order valence-corrected chi connectivity index (χ2v) is 8.73. The molecule has 1 N–H and O–H groups in total. The summed E-state index contributed by atoms with van der Waals surface area (Å²) >= 11 is 3.40. The van der Waals surface area contributed by atoms with Gasteiger partial charge in [-0.2, -0.15) is 0 Å². The van der Waals surface area contributed by atoms with Crippen LogP contribution < -0.4 is 5.32 Å².